The zero-order chi connectivity index (χ0) is 18.4. The lowest BCUT2D eigenvalue weighted by Gasteiger charge is -2.17. The van der Waals surface area contributed by atoms with Crippen LogP contribution in [0.5, 0.6) is 0 Å². The summed E-state index contributed by atoms with van der Waals surface area (Å²) in [7, 11) is 0. The van der Waals surface area contributed by atoms with E-state index in [1.165, 1.54) is 0 Å². The van der Waals surface area contributed by atoms with Crippen molar-refractivity contribution in [2.45, 2.75) is 19.4 Å². The third kappa shape index (κ3) is 4.28. The monoisotopic (exact) mass is 346 g/mol. The summed E-state index contributed by atoms with van der Waals surface area (Å²) in [5.74, 6) is -0.251. The number of hydrogen-bond donors (Lipinski definition) is 2. The zero-order valence-corrected chi connectivity index (χ0v) is 14.7. The minimum atomic E-state index is -0.166. The molecule has 0 radical (unpaired) electrons. The summed E-state index contributed by atoms with van der Waals surface area (Å²) in [6, 6.07) is 23.1. The van der Waals surface area contributed by atoms with Gasteiger partial charge in [0.15, 0.2) is 0 Å². The SMILES string of the molecule is C[C@@H](NC(=O)CCNC(=O)c1ccccc1)c1cccc2ccccc12. The van der Waals surface area contributed by atoms with Crippen LogP contribution in [0.4, 0.5) is 0 Å². The lowest BCUT2D eigenvalue weighted by atomic mass is 9.99. The predicted octanol–water partition coefficient (Wildman–Crippen LogP) is 3.84. The second kappa shape index (κ2) is 8.30. The molecule has 2 N–H and O–H groups in total. The van der Waals surface area contributed by atoms with Crippen LogP contribution in [-0.4, -0.2) is 18.4 Å². The molecule has 0 heterocycles. The Balaban J connectivity index is 1.54. The largest absolute Gasteiger partial charge is 0.352 e. The van der Waals surface area contributed by atoms with Gasteiger partial charge in [-0.1, -0.05) is 60.7 Å². The molecule has 0 unspecified atom stereocenters. The van der Waals surface area contributed by atoms with E-state index < -0.39 is 0 Å². The summed E-state index contributed by atoms with van der Waals surface area (Å²) in [4.78, 5) is 24.2. The standard InChI is InChI=1S/C22H22N2O2/c1-16(19-13-7-11-17-8-5-6-12-20(17)19)24-21(25)14-15-23-22(26)18-9-3-2-4-10-18/h2-13,16H,14-15H2,1H3,(H,23,26)(H,24,25)/t16-/m1/s1. The molecule has 3 rings (SSSR count). The fourth-order valence-corrected chi connectivity index (χ4v) is 3.00. The van der Waals surface area contributed by atoms with Crippen LogP contribution in [0.2, 0.25) is 0 Å². The number of carbonyl (C=O) groups excluding carboxylic acids is 2. The third-order valence-electron chi connectivity index (χ3n) is 4.34. The molecule has 0 saturated heterocycles. The number of nitrogens with one attached hydrogen (secondary N) is 2. The van der Waals surface area contributed by atoms with Gasteiger partial charge in [0.1, 0.15) is 0 Å². The van der Waals surface area contributed by atoms with Crippen molar-refractivity contribution in [3.63, 3.8) is 0 Å². The summed E-state index contributed by atoms with van der Waals surface area (Å²) in [5.41, 5.74) is 1.68. The molecule has 0 bridgehead atoms. The number of benzene rings is 3. The number of amides is 2. The van der Waals surface area contributed by atoms with E-state index in [0.717, 1.165) is 16.3 Å². The highest BCUT2D eigenvalue weighted by atomic mass is 16.2. The second-order valence-corrected chi connectivity index (χ2v) is 6.23. The normalized spacial score (nSPS) is 11.7. The summed E-state index contributed by atoms with van der Waals surface area (Å²) in [6.45, 7) is 2.28. The Morgan fingerprint density at radius 3 is 2.38 bits per heavy atom. The van der Waals surface area contributed by atoms with E-state index in [2.05, 4.69) is 28.8 Å². The van der Waals surface area contributed by atoms with Crippen LogP contribution in [0.15, 0.2) is 72.8 Å². The fraction of sp³-hybridized carbons (Fsp3) is 0.182. The van der Waals surface area contributed by atoms with Crippen molar-refractivity contribution in [1.82, 2.24) is 10.6 Å². The fourth-order valence-electron chi connectivity index (χ4n) is 3.00. The van der Waals surface area contributed by atoms with Gasteiger partial charge in [0, 0.05) is 18.5 Å². The van der Waals surface area contributed by atoms with Gasteiger partial charge in [-0.05, 0) is 35.4 Å². The lowest BCUT2D eigenvalue weighted by molar-refractivity contribution is -0.121. The smallest absolute Gasteiger partial charge is 0.251 e. The van der Waals surface area contributed by atoms with Crippen molar-refractivity contribution >= 4 is 22.6 Å². The molecule has 2 amide bonds. The Morgan fingerprint density at radius 1 is 0.885 bits per heavy atom. The van der Waals surface area contributed by atoms with Crippen molar-refractivity contribution in [2.24, 2.45) is 0 Å². The van der Waals surface area contributed by atoms with Gasteiger partial charge in [0.25, 0.3) is 5.91 Å². The Bertz CT molecular complexity index is 901. The molecule has 0 saturated carbocycles. The van der Waals surface area contributed by atoms with Crippen LogP contribution in [0.1, 0.15) is 35.3 Å². The first kappa shape index (κ1) is 17.7. The first-order chi connectivity index (χ1) is 12.6. The molecule has 1 atom stereocenters. The van der Waals surface area contributed by atoms with Crippen molar-refractivity contribution in [3.8, 4) is 0 Å². The molecule has 4 nitrogen and oxygen atoms in total. The highest BCUT2D eigenvalue weighted by Gasteiger charge is 2.12. The van der Waals surface area contributed by atoms with Gasteiger partial charge in [-0.2, -0.15) is 0 Å². The van der Waals surface area contributed by atoms with Crippen molar-refractivity contribution in [1.29, 1.82) is 0 Å². The molecule has 4 heteroatoms. The average Bonchev–Trinajstić information content (AvgIpc) is 2.68. The number of carbonyl (C=O) groups is 2. The second-order valence-electron chi connectivity index (χ2n) is 6.23. The Hall–Kier alpha value is -3.14. The average molecular weight is 346 g/mol. The van der Waals surface area contributed by atoms with Crippen LogP contribution in [0.3, 0.4) is 0 Å². The van der Waals surface area contributed by atoms with Crippen molar-refractivity contribution < 1.29 is 9.59 Å². The molecular weight excluding hydrogens is 324 g/mol. The van der Waals surface area contributed by atoms with Crippen molar-refractivity contribution in [3.05, 3.63) is 83.9 Å². The van der Waals surface area contributed by atoms with Gasteiger partial charge in [0.2, 0.25) is 5.91 Å². The summed E-state index contributed by atoms with van der Waals surface area (Å²) in [6.07, 6.45) is 0.244. The van der Waals surface area contributed by atoms with Crippen molar-refractivity contribution in [2.75, 3.05) is 6.54 Å². The van der Waals surface area contributed by atoms with E-state index in [0.29, 0.717) is 12.1 Å². The van der Waals surface area contributed by atoms with Gasteiger partial charge in [0.05, 0.1) is 6.04 Å². The molecule has 0 aliphatic rings. The van der Waals surface area contributed by atoms with Gasteiger partial charge in [-0.25, -0.2) is 0 Å². The number of hydrogen-bond acceptors (Lipinski definition) is 2. The van der Waals surface area contributed by atoms with Gasteiger partial charge in [-0.3, -0.25) is 9.59 Å². The van der Waals surface area contributed by atoms with E-state index in [4.69, 9.17) is 0 Å². The van der Waals surface area contributed by atoms with Crippen LogP contribution in [-0.2, 0) is 4.79 Å². The minimum absolute atomic E-state index is 0.0844. The van der Waals surface area contributed by atoms with Crippen LogP contribution in [0.25, 0.3) is 10.8 Å². The van der Waals surface area contributed by atoms with Gasteiger partial charge in [-0.15, -0.1) is 0 Å². The highest BCUT2D eigenvalue weighted by Crippen LogP contribution is 2.23. The van der Waals surface area contributed by atoms with E-state index >= 15 is 0 Å². The predicted molar refractivity (Wildman–Crippen MR) is 104 cm³/mol. The van der Waals surface area contributed by atoms with Crippen LogP contribution in [0, 0.1) is 0 Å². The lowest BCUT2D eigenvalue weighted by Crippen LogP contribution is -2.32. The molecule has 132 valence electrons. The molecule has 0 aliphatic heterocycles. The van der Waals surface area contributed by atoms with E-state index in [9.17, 15) is 9.59 Å². The summed E-state index contributed by atoms with van der Waals surface area (Å²) < 4.78 is 0. The third-order valence-corrected chi connectivity index (χ3v) is 4.34. The van der Waals surface area contributed by atoms with Crippen LogP contribution < -0.4 is 10.6 Å². The topological polar surface area (TPSA) is 58.2 Å². The van der Waals surface area contributed by atoms with E-state index in [1.54, 1.807) is 12.1 Å². The van der Waals surface area contributed by atoms with Gasteiger partial charge >= 0.3 is 0 Å². The molecule has 0 aliphatic carbocycles. The first-order valence-corrected chi connectivity index (χ1v) is 8.75. The molecular formula is C22H22N2O2. The van der Waals surface area contributed by atoms with E-state index in [-0.39, 0.29) is 24.3 Å². The molecule has 26 heavy (non-hydrogen) atoms. The minimum Gasteiger partial charge on any atom is -0.352 e. The molecule has 0 fully saturated rings. The Labute approximate surface area is 153 Å². The quantitative estimate of drug-likeness (QED) is 0.712. The maximum atomic E-state index is 12.2. The molecule has 0 aromatic heterocycles. The summed E-state index contributed by atoms with van der Waals surface area (Å²) >= 11 is 0. The number of rotatable bonds is 6. The molecule has 3 aromatic carbocycles. The van der Waals surface area contributed by atoms with Crippen LogP contribution >= 0.6 is 0 Å². The summed E-state index contributed by atoms with van der Waals surface area (Å²) in [5, 5.41) is 8.08. The zero-order valence-electron chi connectivity index (χ0n) is 14.7. The first-order valence-electron chi connectivity index (χ1n) is 8.75. The Morgan fingerprint density at radius 2 is 1.58 bits per heavy atom. The highest BCUT2D eigenvalue weighted by molar-refractivity contribution is 5.94. The maximum Gasteiger partial charge on any atom is 0.251 e. The Kier molecular flexibility index (Phi) is 5.64. The molecule has 3 aromatic rings. The van der Waals surface area contributed by atoms with E-state index in [1.807, 2.05) is 49.4 Å². The number of fused-ring (bicyclic) bond motifs is 1. The maximum absolute atomic E-state index is 12.2. The van der Waals surface area contributed by atoms with Gasteiger partial charge < -0.3 is 10.6 Å². The molecule has 0 spiro atoms.